The molecule has 194 valence electrons. The topological polar surface area (TPSA) is 89.1 Å². The second-order valence-corrected chi connectivity index (χ2v) is 9.25. The number of fused-ring (bicyclic) bond motifs is 1. The van der Waals surface area contributed by atoms with Crippen molar-refractivity contribution >= 4 is 17.8 Å². The number of carbonyl (C=O) groups excluding carboxylic acids is 3. The van der Waals surface area contributed by atoms with Crippen LogP contribution in [0.2, 0.25) is 0 Å². The SMILES string of the molecule is C=CCN(C(=O)NCc1ccccc1)N1CC(=O)N2[C@@H](c3ccccc3)C(=O)N(Cc3ccccn3)C[C@@H]21. The van der Waals surface area contributed by atoms with Gasteiger partial charge in [-0.3, -0.25) is 19.6 Å². The number of aromatic nitrogens is 1. The highest BCUT2D eigenvalue weighted by Crippen LogP contribution is 2.36. The Morgan fingerprint density at radius 1 is 1.03 bits per heavy atom. The van der Waals surface area contributed by atoms with Crippen LogP contribution in [0.1, 0.15) is 22.9 Å². The van der Waals surface area contributed by atoms with E-state index in [9.17, 15) is 14.4 Å². The van der Waals surface area contributed by atoms with Crippen LogP contribution in [0, 0.1) is 0 Å². The van der Waals surface area contributed by atoms with E-state index in [1.807, 2.05) is 78.9 Å². The Balaban J connectivity index is 1.44. The Bertz CT molecular complexity index is 1290. The van der Waals surface area contributed by atoms with Crippen molar-refractivity contribution in [2.45, 2.75) is 25.3 Å². The molecular weight excluding hydrogens is 480 g/mol. The lowest BCUT2D eigenvalue weighted by atomic mass is 10.0. The van der Waals surface area contributed by atoms with Crippen LogP contribution in [0.25, 0.3) is 0 Å². The number of benzene rings is 2. The van der Waals surface area contributed by atoms with Crippen LogP contribution in [0.15, 0.2) is 97.7 Å². The summed E-state index contributed by atoms with van der Waals surface area (Å²) in [6, 6.07) is 23.4. The maximum atomic E-state index is 13.8. The highest BCUT2D eigenvalue weighted by atomic mass is 16.2. The first-order valence-electron chi connectivity index (χ1n) is 12.6. The molecule has 0 radical (unpaired) electrons. The summed E-state index contributed by atoms with van der Waals surface area (Å²) in [5.74, 6) is -0.378. The number of hydrogen-bond acceptors (Lipinski definition) is 5. The molecule has 4 amide bonds. The van der Waals surface area contributed by atoms with Crippen molar-refractivity contribution in [2.24, 2.45) is 0 Å². The summed E-state index contributed by atoms with van der Waals surface area (Å²) in [5, 5.41) is 6.21. The number of amides is 4. The first-order valence-corrected chi connectivity index (χ1v) is 12.6. The fourth-order valence-electron chi connectivity index (χ4n) is 5.02. The van der Waals surface area contributed by atoms with Gasteiger partial charge in [0.25, 0.3) is 5.91 Å². The zero-order valence-corrected chi connectivity index (χ0v) is 21.0. The molecule has 0 aliphatic carbocycles. The third-order valence-corrected chi connectivity index (χ3v) is 6.79. The molecule has 38 heavy (non-hydrogen) atoms. The average Bonchev–Trinajstić information content (AvgIpc) is 3.27. The lowest BCUT2D eigenvalue weighted by Gasteiger charge is -2.46. The lowest BCUT2D eigenvalue weighted by Crippen LogP contribution is -2.62. The van der Waals surface area contributed by atoms with Gasteiger partial charge in [0.05, 0.1) is 31.9 Å². The van der Waals surface area contributed by atoms with Crippen LogP contribution in [-0.2, 0) is 22.7 Å². The summed E-state index contributed by atoms with van der Waals surface area (Å²) >= 11 is 0. The maximum absolute atomic E-state index is 13.8. The summed E-state index contributed by atoms with van der Waals surface area (Å²) in [6.45, 7) is 4.90. The van der Waals surface area contributed by atoms with Gasteiger partial charge in [0, 0.05) is 12.7 Å². The lowest BCUT2D eigenvalue weighted by molar-refractivity contribution is -0.158. The van der Waals surface area contributed by atoms with Crippen molar-refractivity contribution in [1.82, 2.24) is 30.1 Å². The summed E-state index contributed by atoms with van der Waals surface area (Å²) in [6.07, 6.45) is 2.79. The van der Waals surface area contributed by atoms with E-state index >= 15 is 0 Å². The minimum atomic E-state index is -0.797. The molecule has 2 aliphatic heterocycles. The van der Waals surface area contributed by atoms with Crippen molar-refractivity contribution in [3.05, 3.63) is 115 Å². The molecule has 2 aromatic carbocycles. The van der Waals surface area contributed by atoms with E-state index in [1.165, 1.54) is 5.01 Å². The first-order chi connectivity index (χ1) is 18.6. The van der Waals surface area contributed by atoms with E-state index in [0.717, 1.165) is 16.8 Å². The second-order valence-electron chi connectivity index (χ2n) is 9.25. The van der Waals surface area contributed by atoms with Crippen LogP contribution in [-0.4, -0.2) is 68.4 Å². The van der Waals surface area contributed by atoms with Gasteiger partial charge in [-0.05, 0) is 23.3 Å². The Kier molecular flexibility index (Phi) is 7.46. The van der Waals surface area contributed by atoms with Crippen molar-refractivity contribution < 1.29 is 14.4 Å². The van der Waals surface area contributed by atoms with Gasteiger partial charge in [-0.25, -0.2) is 4.79 Å². The number of nitrogens with zero attached hydrogens (tertiary/aromatic N) is 5. The van der Waals surface area contributed by atoms with Gasteiger partial charge in [-0.2, -0.15) is 5.01 Å². The summed E-state index contributed by atoms with van der Waals surface area (Å²) < 4.78 is 0. The number of rotatable bonds is 8. The quantitative estimate of drug-likeness (QED) is 0.471. The molecule has 3 aromatic rings. The Labute approximate surface area is 221 Å². The smallest absolute Gasteiger partial charge is 0.332 e. The number of hydrogen-bond donors (Lipinski definition) is 1. The van der Waals surface area contributed by atoms with E-state index in [2.05, 4.69) is 16.9 Å². The zero-order valence-electron chi connectivity index (χ0n) is 21.0. The molecule has 5 rings (SSSR count). The minimum absolute atomic E-state index is 0.0225. The monoisotopic (exact) mass is 510 g/mol. The number of hydrazine groups is 1. The van der Waals surface area contributed by atoms with Crippen molar-refractivity contribution in [3.8, 4) is 0 Å². The van der Waals surface area contributed by atoms with E-state index in [1.54, 1.807) is 27.1 Å². The highest BCUT2D eigenvalue weighted by Gasteiger charge is 2.52. The molecule has 0 saturated carbocycles. The van der Waals surface area contributed by atoms with Gasteiger partial charge in [0.15, 0.2) is 0 Å². The van der Waals surface area contributed by atoms with Gasteiger partial charge >= 0.3 is 6.03 Å². The molecule has 1 N–H and O–H groups in total. The standard InChI is InChI=1S/C29H30N6O3/c1-2-17-33(29(38)31-18-22-11-5-3-6-12-22)34-21-26(36)35-25(34)20-32(19-24-15-9-10-16-30-24)28(37)27(35)23-13-7-4-8-14-23/h2-16,25,27H,1,17-21H2,(H,31,38)/t25-,27+/m1/s1. The second kappa shape index (κ2) is 11.3. The Morgan fingerprint density at radius 3 is 2.42 bits per heavy atom. The van der Waals surface area contributed by atoms with Crippen LogP contribution in [0.3, 0.4) is 0 Å². The molecule has 0 unspecified atom stereocenters. The average molecular weight is 511 g/mol. The molecule has 3 heterocycles. The fourth-order valence-corrected chi connectivity index (χ4v) is 5.02. The number of urea groups is 1. The predicted octanol–water partition coefficient (Wildman–Crippen LogP) is 2.95. The van der Waals surface area contributed by atoms with Gasteiger partial charge in [0.1, 0.15) is 12.2 Å². The summed E-state index contributed by atoms with van der Waals surface area (Å²) in [5.41, 5.74) is 2.44. The van der Waals surface area contributed by atoms with Gasteiger partial charge in [-0.1, -0.05) is 72.8 Å². The maximum Gasteiger partial charge on any atom is 0.332 e. The fraction of sp³-hybridized carbons (Fsp3) is 0.241. The number of nitrogens with one attached hydrogen (secondary N) is 1. The molecule has 1 aromatic heterocycles. The van der Waals surface area contributed by atoms with Crippen molar-refractivity contribution in [2.75, 3.05) is 19.6 Å². The normalized spacial score (nSPS) is 19.3. The first kappa shape index (κ1) is 25.2. The molecule has 2 fully saturated rings. The summed E-state index contributed by atoms with van der Waals surface area (Å²) in [4.78, 5) is 48.3. The third-order valence-electron chi connectivity index (χ3n) is 6.79. The Morgan fingerprint density at radius 2 is 1.74 bits per heavy atom. The van der Waals surface area contributed by atoms with Crippen LogP contribution < -0.4 is 5.32 Å². The van der Waals surface area contributed by atoms with Crippen LogP contribution in [0.5, 0.6) is 0 Å². The van der Waals surface area contributed by atoms with E-state index in [4.69, 9.17) is 0 Å². The zero-order chi connectivity index (χ0) is 26.5. The molecule has 0 bridgehead atoms. The van der Waals surface area contributed by atoms with Crippen LogP contribution in [0.4, 0.5) is 4.79 Å². The summed E-state index contributed by atoms with van der Waals surface area (Å²) in [7, 11) is 0. The molecule has 2 saturated heterocycles. The molecule has 0 spiro atoms. The minimum Gasteiger partial charge on any atom is -0.333 e. The molecule has 9 nitrogen and oxygen atoms in total. The van der Waals surface area contributed by atoms with Gasteiger partial charge < -0.3 is 15.1 Å². The predicted molar refractivity (Wildman–Crippen MR) is 142 cm³/mol. The molecule has 9 heteroatoms. The third kappa shape index (κ3) is 5.14. The van der Waals surface area contributed by atoms with Gasteiger partial charge in [0.2, 0.25) is 5.91 Å². The van der Waals surface area contributed by atoms with Crippen molar-refractivity contribution in [3.63, 3.8) is 0 Å². The highest BCUT2D eigenvalue weighted by molar-refractivity contribution is 5.92. The van der Waals surface area contributed by atoms with E-state index < -0.39 is 12.2 Å². The Hall–Kier alpha value is -4.50. The van der Waals surface area contributed by atoms with E-state index in [-0.39, 0.29) is 37.5 Å². The van der Waals surface area contributed by atoms with Crippen molar-refractivity contribution in [1.29, 1.82) is 0 Å². The number of piperazine rings is 1. The molecule has 2 aliphatic rings. The van der Waals surface area contributed by atoms with Gasteiger partial charge in [-0.15, -0.1) is 6.58 Å². The number of carbonyl (C=O) groups is 3. The molecule has 2 atom stereocenters. The van der Waals surface area contributed by atoms with Crippen LogP contribution >= 0.6 is 0 Å². The largest absolute Gasteiger partial charge is 0.333 e. The molecular formula is C29H30N6O3. The van der Waals surface area contributed by atoms with E-state index in [0.29, 0.717) is 13.1 Å². The number of pyridine rings is 1.